The number of carboxylic acids is 1. The number of hydrogen-bond donors (Lipinski definition) is 1. The van der Waals surface area contributed by atoms with Gasteiger partial charge in [-0.05, 0) is 32.0 Å². The van der Waals surface area contributed by atoms with Crippen LogP contribution in [0.3, 0.4) is 0 Å². The molecule has 6 heteroatoms. The molecule has 0 fully saturated rings. The molecule has 0 bridgehead atoms. The summed E-state index contributed by atoms with van der Waals surface area (Å²) in [7, 11) is 0. The van der Waals surface area contributed by atoms with Gasteiger partial charge in [0.25, 0.3) is 0 Å². The molecule has 0 spiro atoms. The third kappa shape index (κ3) is 2.32. The Labute approximate surface area is 126 Å². The maximum atomic E-state index is 13.7. The highest BCUT2D eigenvalue weighted by Gasteiger charge is 2.18. The van der Waals surface area contributed by atoms with Crippen LogP contribution in [0.2, 0.25) is 0 Å². The third-order valence-corrected chi connectivity index (χ3v) is 3.62. The molecule has 0 saturated heterocycles. The van der Waals surface area contributed by atoms with Crippen molar-refractivity contribution in [1.82, 2.24) is 14.5 Å². The quantitative estimate of drug-likeness (QED) is 0.807. The number of aliphatic carboxylic acids is 1. The van der Waals surface area contributed by atoms with Gasteiger partial charge in [0.2, 0.25) is 0 Å². The Bertz CT molecular complexity index is 886. The van der Waals surface area contributed by atoms with E-state index in [1.165, 1.54) is 12.1 Å². The van der Waals surface area contributed by atoms with Crippen molar-refractivity contribution in [1.29, 1.82) is 0 Å². The van der Waals surface area contributed by atoms with Crippen molar-refractivity contribution in [3.63, 3.8) is 0 Å². The van der Waals surface area contributed by atoms with Gasteiger partial charge in [-0.25, -0.2) is 9.37 Å². The predicted molar refractivity (Wildman–Crippen MR) is 79.6 cm³/mol. The highest BCUT2D eigenvalue weighted by Crippen LogP contribution is 2.29. The van der Waals surface area contributed by atoms with Crippen molar-refractivity contribution in [2.75, 3.05) is 0 Å². The molecule has 22 heavy (non-hydrogen) atoms. The molecule has 3 rings (SSSR count). The van der Waals surface area contributed by atoms with Gasteiger partial charge in [0.1, 0.15) is 11.6 Å². The van der Waals surface area contributed by atoms with E-state index in [-0.39, 0.29) is 6.42 Å². The summed E-state index contributed by atoms with van der Waals surface area (Å²) in [6.07, 6.45) is 3.18. The maximum Gasteiger partial charge on any atom is 0.307 e. The van der Waals surface area contributed by atoms with Crippen LogP contribution in [0.4, 0.5) is 4.39 Å². The molecular formula is C16H14FN3O2. The Morgan fingerprint density at radius 1 is 1.36 bits per heavy atom. The molecule has 0 aliphatic carbocycles. The number of pyridine rings is 1. The lowest BCUT2D eigenvalue weighted by molar-refractivity contribution is -0.136. The molecule has 2 aromatic heterocycles. The number of fused-ring (bicyclic) bond motifs is 1. The molecular weight excluding hydrogens is 285 g/mol. The van der Waals surface area contributed by atoms with Crippen LogP contribution in [0.15, 0.2) is 30.6 Å². The summed E-state index contributed by atoms with van der Waals surface area (Å²) < 4.78 is 15.5. The van der Waals surface area contributed by atoms with Crippen molar-refractivity contribution < 1.29 is 14.3 Å². The van der Waals surface area contributed by atoms with Crippen LogP contribution in [0.5, 0.6) is 0 Å². The number of hydrogen-bond acceptors (Lipinski definition) is 3. The van der Waals surface area contributed by atoms with Crippen molar-refractivity contribution in [3.05, 3.63) is 53.5 Å². The summed E-state index contributed by atoms with van der Waals surface area (Å²) in [4.78, 5) is 19.8. The number of benzene rings is 1. The van der Waals surface area contributed by atoms with Gasteiger partial charge < -0.3 is 9.67 Å². The molecule has 0 aliphatic rings. The average molecular weight is 299 g/mol. The molecule has 0 amide bonds. The number of nitrogens with zero attached hydrogens (tertiary/aromatic N) is 3. The van der Waals surface area contributed by atoms with Crippen LogP contribution in [0.25, 0.3) is 16.6 Å². The average Bonchev–Trinajstić information content (AvgIpc) is 2.86. The van der Waals surface area contributed by atoms with Gasteiger partial charge in [-0.3, -0.25) is 9.78 Å². The van der Waals surface area contributed by atoms with Crippen LogP contribution in [0.1, 0.15) is 17.1 Å². The second kappa shape index (κ2) is 5.22. The fourth-order valence-electron chi connectivity index (χ4n) is 2.63. The fraction of sp³-hybridized carbons (Fsp3) is 0.188. The summed E-state index contributed by atoms with van der Waals surface area (Å²) in [6, 6.07) is 4.32. The number of aromatic nitrogens is 3. The Morgan fingerprint density at radius 3 is 2.77 bits per heavy atom. The fourth-order valence-corrected chi connectivity index (χ4v) is 2.63. The highest BCUT2D eigenvalue weighted by atomic mass is 19.1. The number of carbonyl (C=O) groups is 1. The largest absolute Gasteiger partial charge is 0.481 e. The summed E-state index contributed by atoms with van der Waals surface area (Å²) in [5.41, 5.74) is 2.42. The second-order valence-corrected chi connectivity index (χ2v) is 5.10. The Hall–Kier alpha value is -2.76. The Balaban J connectivity index is 2.44. The highest BCUT2D eigenvalue weighted by molar-refractivity contribution is 5.90. The summed E-state index contributed by atoms with van der Waals surface area (Å²) in [5.74, 6) is -0.652. The smallest absolute Gasteiger partial charge is 0.307 e. The number of carboxylic acid groups (broad SMARTS) is 1. The summed E-state index contributed by atoms with van der Waals surface area (Å²) >= 11 is 0. The van der Waals surface area contributed by atoms with E-state index < -0.39 is 11.8 Å². The van der Waals surface area contributed by atoms with Crippen LogP contribution < -0.4 is 0 Å². The number of aryl methyl sites for hydroxylation is 2. The molecule has 5 nitrogen and oxygen atoms in total. The van der Waals surface area contributed by atoms with E-state index in [9.17, 15) is 14.3 Å². The van der Waals surface area contributed by atoms with Gasteiger partial charge in [-0.15, -0.1) is 0 Å². The van der Waals surface area contributed by atoms with Gasteiger partial charge in [0.05, 0.1) is 17.6 Å². The van der Waals surface area contributed by atoms with Gasteiger partial charge in [-0.1, -0.05) is 0 Å². The lowest BCUT2D eigenvalue weighted by Crippen LogP contribution is -2.10. The van der Waals surface area contributed by atoms with E-state index in [2.05, 4.69) is 9.97 Å². The third-order valence-electron chi connectivity index (χ3n) is 3.62. The van der Waals surface area contributed by atoms with Crippen molar-refractivity contribution in [2.24, 2.45) is 0 Å². The summed E-state index contributed by atoms with van der Waals surface area (Å²) in [6.45, 7) is 3.57. The molecule has 0 radical (unpaired) electrons. The van der Waals surface area contributed by atoms with Crippen LogP contribution in [-0.4, -0.2) is 25.6 Å². The number of halogens is 1. The van der Waals surface area contributed by atoms with E-state index in [1.54, 1.807) is 30.0 Å². The SMILES string of the molecule is Cc1nc2ccc(F)cc2c(-n2ccnc2C)c1CC(=O)O. The van der Waals surface area contributed by atoms with Crippen molar-refractivity contribution in [3.8, 4) is 5.69 Å². The predicted octanol–water partition coefficient (Wildman–Crippen LogP) is 2.80. The van der Waals surface area contributed by atoms with Crippen LogP contribution in [0, 0.1) is 19.7 Å². The van der Waals surface area contributed by atoms with E-state index in [4.69, 9.17) is 0 Å². The van der Waals surface area contributed by atoms with Gasteiger partial charge in [0.15, 0.2) is 0 Å². The molecule has 112 valence electrons. The number of imidazole rings is 1. The van der Waals surface area contributed by atoms with Gasteiger partial charge >= 0.3 is 5.97 Å². The minimum Gasteiger partial charge on any atom is -0.481 e. The summed E-state index contributed by atoms with van der Waals surface area (Å²) in [5, 5.41) is 9.75. The van der Waals surface area contributed by atoms with E-state index in [1.807, 2.05) is 6.92 Å². The lowest BCUT2D eigenvalue weighted by Gasteiger charge is -2.16. The lowest BCUT2D eigenvalue weighted by atomic mass is 10.0. The molecule has 0 aliphatic heterocycles. The van der Waals surface area contributed by atoms with Gasteiger partial charge in [0, 0.05) is 29.0 Å². The monoisotopic (exact) mass is 299 g/mol. The van der Waals surface area contributed by atoms with Gasteiger partial charge in [-0.2, -0.15) is 0 Å². The first kappa shape index (κ1) is 14.2. The van der Waals surface area contributed by atoms with E-state index >= 15 is 0 Å². The second-order valence-electron chi connectivity index (χ2n) is 5.10. The standard InChI is InChI=1S/C16H14FN3O2/c1-9-12(8-15(21)22)16(20-6-5-18-10(20)2)13-7-11(17)3-4-14(13)19-9/h3-7H,8H2,1-2H3,(H,21,22). The van der Waals surface area contributed by atoms with Crippen LogP contribution in [-0.2, 0) is 11.2 Å². The van der Waals surface area contributed by atoms with E-state index in [0.29, 0.717) is 33.7 Å². The molecule has 0 saturated carbocycles. The first-order valence-electron chi connectivity index (χ1n) is 6.78. The minimum atomic E-state index is -0.959. The Kier molecular flexibility index (Phi) is 3.36. The number of rotatable bonds is 3. The molecule has 0 unspecified atom stereocenters. The minimum absolute atomic E-state index is 0.182. The van der Waals surface area contributed by atoms with Crippen molar-refractivity contribution in [2.45, 2.75) is 20.3 Å². The molecule has 2 heterocycles. The normalized spacial score (nSPS) is 11.0. The van der Waals surface area contributed by atoms with Crippen LogP contribution >= 0.6 is 0 Å². The Morgan fingerprint density at radius 2 is 2.14 bits per heavy atom. The molecule has 0 atom stereocenters. The zero-order valence-electron chi connectivity index (χ0n) is 12.2. The molecule has 1 aromatic carbocycles. The maximum absolute atomic E-state index is 13.7. The van der Waals surface area contributed by atoms with Crippen molar-refractivity contribution >= 4 is 16.9 Å². The van der Waals surface area contributed by atoms with E-state index in [0.717, 1.165) is 0 Å². The zero-order chi connectivity index (χ0) is 15.9. The first-order valence-corrected chi connectivity index (χ1v) is 6.78. The molecule has 3 aromatic rings. The topological polar surface area (TPSA) is 68.0 Å². The first-order chi connectivity index (χ1) is 10.5. The molecule has 1 N–H and O–H groups in total. The zero-order valence-corrected chi connectivity index (χ0v) is 12.2.